The van der Waals surface area contributed by atoms with Crippen molar-refractivity contribution in [3.8, 4) is 0 Å². The molecule has 0 unspecified atom stereocenters. The number of hydrogen-bond acceptors (Lipinski definition) is 1. The topological polar surface area (TPSA) is 3.24 Å². The van der Waals surface area contributed by atoms with Gasteiger partial charge in [-0.25, -0.2) is 23.8 Å². The quantitative estimate of drug-likeness (QED) is 0.532. The Hall–Kier alpha value is -0.561. The number of rotatable bonds is 2. The minimum Gasteiger partial charge on any atom is -0.308 e. The minimum atomic E-state index is 0. The molecule has 2 heteroatoms. The van der Waals surface area contributed by atoms with E-state index in [0.29, 0.717) is 0 Å². The van der Waals surface area contributed by atoms with Crippen molar-refractivity contribution < 1.29 is 17.1 Å². The average Bonchev–Trinajstić information content (AvgIpc) is 2.75. The van der Waals surface area contributed by atoms with E-state index >= 15 is 0 Å². The fraction of sp³-hybridized carbons (Fsp3) is 0.385. The van der Waals surface area contributed by atoms with E-state index in [1.807, 2.05) is 12.2 Å². The molecule has 0 bridgehead atoms. The van der Waals surface area contributed by atoms with Crippen LogP contribution in [0.3, 0.4) is 0 Å². The SMILES string of the molecule is CN(C)CC1=[C-]CC=C1.[C-]1=CC=CC1.[Fe+2]. The third kappa shape index (κ3) is 7.38. The summed E-state index contributed by atoms with van der Waals surface area (Å²) in [6.45, 7) is 1.02. The van der Waals surface area contributed by atoms with Crippen molar-refractivity contribution in [2.24, 2.45) is 0 Å². The summed E-state index contributed by atoms with van der Waals surface area (Å²) in [5, 5.41) is 0. The zero-order valence-electron chi connectivity index (χ0n) is 9.31. The molecule has 2 aliphatic carbocycles. The third-order valence-electron chi connectivity index (χ3n) is 1.84. The van der Waals surface area contributed by atoms with E-state index in [1.165, 1.54) is 5.57 Å². The van der Waals surface area contributed by atoms with Gasteiger partial charge in [0, 0.05) is 0 Å². The average molecular weight is 243 g/mol. The Bertz CT molecular complexity index is 262. The van der Waals surface area contributed by atoms with E-state index in [0.717, 1.165) is 19.4 Å². The first-order chi connectivity index (χ1) is 6.79. The molecular formula is C13H17FeN. The van der Waals surface area contributed by atoms with Crippen LogP contribution in [-0.4, -0.2) is 25.5 Å². The summed E-state index contributed by atoms with van der Waals surface area (Å²) >= 11 is 0. The summed E-state index contributed by atoms with van der Waals surface area (Å²) in [5.41, 5.74) is 1.32. The molecule has 0 N–H and O–H groups in total. The van der Waals surface area contributed by atoms with Gasteiger partial charge >= 0.3 is 17.1 Å². The number of nitrogens with zero attached hydrogens (tertiary/aromatic N) is 1. The van der Waals surface area contributed by atoms with Crippen molar-refractivity contribution in [1.82, 2.24) is 4.90 Å². The molecule has 0 saturated heterocycles. The van der Waals surface area contributed by atoms with E-state index < -0.39 is 0 Å². The standard InChI is InChI=1S/C8H12N.C5H5.Fe/c1-9(2)7-8-5-3-4-6-8;1-2-4-5-3-1;/h3,5H,4,7H2,1-2H3;1-3H,4H2;/q2*-1;+2. The van der Waals surface area contributed by atoms with Gasteiger partial charge in [0.2, 0.25) is 0 Å². The van der Waals surface area contributed by atoms with Crippen LogP contribution in [0.5, 0.6) is 0 Å². The van der Waals surface area contributed by atoms with Crippen LogP contribution in [0.15, 0.2) is 36.0 Å². The van der Waals surface area contributed by atoms with Crippen LogP contribution >= 0.6 is 0 Å². The number of allylic oxidation sites excluding steroid dienone is 6. The summed E-state index contributed by atoms with van der Waals surface area (Å²) in [6.07, 6.45) is 18.5. The largest absolute Gasteiger partial charge is 2.00 e. The molecule has 0 saturated carbocycles. The molecule has 82 valence electrons. The first-order valence-electron chi connectivity index (χ1n) is 4.92. The second kappa shape index (κ2) is 8.72. The van der Waals surface area contributed by atoms with E-state index in [1.54, 1.807) is 0 Å². The molecule has 1 nitrogen and oxygen atoms in total. The zero-order valence-corrected chi connectivity index (χ0v) is 10.4. The second-order valence-corrected chi connectivity index (χ2v) is 3.55. The van der Waals surface area contributed by atoms with Crippen LogP contribution in [0.1, 0.15) is 12.8 Å². The summed E-state index contributed by atoms with van der Waals surface area (Å²) in [4.78, 5) is 2.15. The first kappa shape index (κ1) is 14.4. The molecule has 2 aliphatic rings. The molecule has 0 aromatic heterocycles. The van der Waals surface area contributed by atoms with Gasteiger partial charge in [0.15, 0.2) is 0 Å². The Labute approximate surface area is 104 Å². The van der Waals surface area contributed by atoms with Gasteiger partial charge in [0.25, 0.3) is 0 Å². The maximum atomic E-state index is 3.25. The zero-order chi connectivity index (χ0) is 10.2. The van der Waals surface area contributed by atoms with Crippen LogP contribution < -0.4 is 0 Å². The molecule has 0 aromatic rings. The molecule has 15 heavy (non-hydrogen) atoms. The summed E-state index contributed by atoms with van der Waals surface area (Å²) in [5.74, 6) is 0. The second-order valence-electron chi connectivity index (χ2n) is 3.55. The van der Waals surface area contributed by atoms with E-state index in [-0.39, 0.29) is 17.1 Å². The van der Waals surface area contributed by atoms with Gasteiger partial charge in [0.1, 0.15) is 0 Å². The fourth-order valence-corrected chi connectivity index (χ4v) is 1.24. The van der Waals surface area contributed by atoms with Crippen molar-refractivity contribution in [1.29, 1.82) is 0 Å². The van der Waals surface area contributed by atoms with Crippen molar-refractivity contribution in [3.05, 3.63) is 48.1 Å². The van der Waals surface area contributed by atoms with Crippen LogP contribution in [-0.2, 0) is 17.1 Å². The normalized spacial score (nSPS) is 16.1. The van der Waals surface area contributed by atoms with E-state index in [2.05, 4.69) is 49.4 Å². The van der Waals surface area contributed by atoms with E-state index in [9.17, 15) is 0 Å². The van der Waals surface area contributed by atoms with Crippen molar-refractivity contribution in [2.45, 2.75) is 12.8 Å². The van der Waals surface area contributed by atoms with Gasteiger partial charge < -0.3 is 4.90 Å². The maximum absolute atomic E-state index is 3.25. The van der Waals surface area contributed by atoms with Crippen molar-refractivity contribution >= 4 is 0 Å². The Morgan fingerprint density at radius 2 is 2.07 bits per heavy atom. The molecule has 0 fully saturated rings. The van der Waals surface area contributed by atoms with Crippen LogP contribution in [0.2, 0.25) is 0 Å². The van der Waals surface area contributed by atoms with Crippen molar-refractivity contribution in [3.63, 3.8) is 0 Å². The van der Waals surface area contributed by atoms with Crippen molar-refractivity contribution in [2.75, 3.05) is 20.6 Å². The minimum absolute atomic E-state index is 0. The fourth-order valence-electron chi connectivity index (χ4n) is 1.24. The Morgan fingerprint density at radius 3 is 2.40 bits per heavy atom. The number of likely N-dealkylation sites (N-methyl/N-ethyl adjacent to an activating group) is 1. The van der Waals surface area contributed by atoms with Crippen LogP contribution in [0, 0.1) is 12.2 Å². The Kier molecular flexibility index (Phi) is 8.40. The predicted octanol–water partition coefficient (Wildman–Crippen LogP) is 2.54. The molecule has 2 rings (SSSR count). The summed E-state index contributed by atoms with van der Waals surface area (Å²) in [7, 11) is 4.14. The molecule has 0 heterocycles. The smallest absolute Gasteiger partial charge is 0.308 e. The van der Waals surface area contributed by atoms with Crippen LogP contribution in [0.25, 0.3) is 0 Å². The molecule has 0 atom stereocenters. The summed E-state index contributed by atoms with van der Waals surface area (Å²) in [6, 6.07) is 0. The van der Waals surface area contributed by atoms with Crippen LogP contribution in [0.4, 0.5) is 0 Å². The summed E-state index contributed by atoms with van der Waals surface area (Å²) < 4.78 is 0. The van der Waals surface area contributed by atoms with Gasteiger partial charge in [-0.1, -0.05) is 0 Å². The first-order valence-corrected chi connectivity index (χ1v) is 4.92. The number of hydrogen-bond donors (Lipinski definition) is 0. The molecular weight excluding hydrogens is 226 g/mol. The third-order valence-corrected chi connectivity index (χ3v) is 1.84. The van der Waals surface area contributed by atoms with Gasteiger partial charge in [-0.2, -0.15) is 12.2 Å². The monoisotopic (exact) mass is 243 g/mol. The molecule has 0 aliphatic heterocycles. The Morgan fingerprint density at radius 1 is 1.27 bits per heavy atom. The predicted molar refractivity (Wildman–Crippen MR) is 60.6 cm³/mol. The maximum Gasteiger partial charge on any atom is 2.00 e. The molecule has 0 spiro atoms. The molecule has 0 amide bonds. The Balaban J connectivity index is 0.000000280. The van der Waals surface area contributed by atoms with Gasteiger partial charge in [0.05, 0.1) is 0 Å². The van der Waals surface area contributed by atoms with Gasteiger partial charge in [-0.05, 0) is 20.6 Å². The molecule has 0 radical (unpaired) electrons. The van der Waals surface area contributed by atoms with Gasteiger partial charge in [-0.3, -0.25) is 12.2 Å². The molecule has 0 aromatic carbocycles. The van der Waals surface area contributed by atoms with E-state index in [4.69, 9.17) is 0 Å². The van der Waals surface area contributed by atoms with Gasteiger partial charge in [-0.15, -0.1) is 12.8 Å².